The first-order valence-electron chi connectivity index (χ1n) is 7.30. The molecule has 5 heteroatoms. The van der Waals surface area contributed by atoms with Crippen LogP contribution >= 0.6 is 11.8 Å². The summed E-state index contributed by atoms with van der Waals surface area (Å²) < 4.78 is 0.306. The van der Waals surface area contributed by atoms with E-state index in [-0.39, 0.29) is 5.91 Å². The highest BCUT2D eigenvalue weighted by molar-refractivity contribution is 8.00. The number of rotatable bonds is 2. The maximum Gasteiger partial charge on any atom is 0.253 e. The molecule has 0 aromatic heterocycles. The van der Waals surface area contributed by atoms with Gasteiger partial charge in [-0.2, -0.15) is 11.8 Å². The first kappa shape index (κ1) is 16.0. The molecule has 1 aliphatic heterocycles. The standard InChI is InChI=1S/C16H25N3OS/c1-16(2)7-8-19(9-10-21-16)14-11-12(5-6-13(14)17)15(20)18(3)4/h5-6,11H,7-10,17H2,1-4H3. The normalized spacial score (nSPS) is 18.2. The molecule has 0 atom stereocenters. The maximum absolute atomic E-state index is 12.1. The second kappa shape index (κ2) is 6.18. The van der Waals surface area contributed by atoms with E-state index in [1.807, 2.05) is 23.9 Å². The Morgan fingerprint density at radius 1 is 1.33 bits per heavy atom. The third-order valence-corrected chi connectivity index (χ3v) is 5.23. The summed E-state index contributed by atoms with van der Waals surface area (Å²) in [4.78, 5) is 16.0. The SMILES string of the molecule is CN(C)C(=O)c1ccc(N)c(N2CCSC(C)(C)CC2)c1. The van der Waals surface area contributed by atoms with Gasteiger partial charge in [0.15, 0.2) is 0 Å². The highest BCUT2D eigenvalue weighted by Gasteiger charge is 2.25. The van der Waals surface area contributed by atoms with Crippen molar-refractivity contribution in [3.63, 3.8) is 0 Å². The van der Waals surface area contributed by atoms with Crippen LogP contribution in [-0.4, -0.2) is 48.5 Å². The Bertz CT molecular complexity index is 528. The van der Waals surface area contributed by atoms with Crippen LogP contribution in [0.3, 0.4) is 0 Å². The van der Waals surface area contributed by atoms with Crippen molar-refractivity contribution in [2.75, 3.05) is 43.6 Å². The number of carbonyl (C=O) groups is 1. The van der Waals surface area contributed by atoms with Crippen LogP contribution in [0.2, 0.25) is 0 Å². The number of carbonyl (C=O) groups excluding carboxylic acids is 1. The number of amides is 1. The summed E-state index contributed by atoms with van der Waals surface area (Å²) in [7, 11) is 3.53. The predicted octanol–water partition coefficient (Wildman–Crippen LogP) is 2.69. The summed E-state index contributed by atoms with van der Waals surface area (Å²) in [5.41, 5.74) is 8.57. The zero-order valence-electron chi connectivity index (χ0n) is 13.3. The fourth-order valence-corrected chi connectivity index (χ4v) is 3.57. The largest absolute Gasteiger partial charge is 0.397 e. The van der Waals surface area contributed by atoms with E-state index >= 15 is 0 Å². The third kappa shape index (κ3) is 3.84. The molecule has 0 aliphatic carbocycles. The molecule has 4 nitrogen and oxygen atoms in total. The zero-order chi connectivity index (χ0) is 15.6. The van der Waals surface area contributed by atoms with Crippen LogP contribution < -0.4 is 10.6 Å². The molecule has 2 N–H and O–H groups in total. The molecule has 0 saturated carbocycles. The minimum atomic E-state index is 0.0146. The van der Waals surface area contributed by atoms with Crippen molar-refractivity contribution in [1.29, 1.82) is 0 Å². The summed E-state index contributed by atoms with van der Waals surface area (Å²) in [6.07, 6.45) is 1.11. The quantitative estimate of drug-likeness (QED) is 0.854. The van der Waals surface area contributed by atoms with Crippen molar-refractivity contribution in [2.24, 2.45) is 0 Å². The number of thioether (sulfide) groups is 1. The lowest BCUT2D eigenvalue weighted by atomic mass is 10.1. The Kier molecular flexibility index (Phi) is 4.71. The molecule has 0 unspecified atom stereocenters. The maximum atomic E-state index is 12.1. The highest BCUT2D eigenvalue weighted by atomic mass is 32.2. The number of nitrogen functional groups attached to an aromatic ring is 1. The van der Waals surface area contributed by atoms with E-state index in [4.69, 9.17) is 5.73 Å². The van der Waals surface area contributed by atoms with Gasteiger partial charge in [-0.3, -0.25) is 4.79 Å². The van der Waals surface area contributed by atoms with Crippen LogP contribution in [0.4, 0.5) is 11.4 Å². The molecule has 2 rings (SSSR count). The molecule has 1 fully saturated rings. The Morgan fingerprint density at radius 2 is 2.05 bits per heavy atom. The minimum Gasteiger partial charge on any atom is -0.397 e. The number of hydrogen-bond acceptors (Lipinski definition) is 4. The summed E-state index contributed by atoms with van der Waals surface area (Å²) in [6.45, 7) is 6.52. The van der Waals surface area contributed by atoms with Crippen molar-refractivity contribution in [3.8, 4) is 0 Å². The molecule has 1 aromatic rings. The molecular formula is C16H25N3OS. The Hall–Kier alpha value is -1.36. The lowest BCUT2D eigenvalue weighted by Crippen LogP contribution is -2.28. The average Bonchev–Trinajstić information content (AvgIpc) is 2.59. The first-order valence-corrected chi connectivity index (χ1v) is 8.29. The van der Waals surface area contributed by atoms with Gasteiger partial charge in [0.05, 0.1) is 11.4 Å². The van der Waals surface area contributed by atoms with Crippen molar-refractivity contribution < 1.29 is 4.79 Å². The van der Waals surface area contributed by atoms with Crippen LogP contribution in [-0.2, 0) is 0 Å². The number of nitrogens with two attached hydrogens (primary N) is 1. The lowest BCUT2D eigenvalue weighted by Gasteiger charge is -2.26. The van der Waals surface area contributed by atoms with E-state index in [2.05, 4.69) is 18.7 Å². The lowest BCUT2D eigenvalue weighted by molar-refractivity contribution is 0.0827. The predicted molar refractivity (Wildman–Crippen MR) is 92.2 cm³/mol. The molecule has 21 heavy (non-hydrogen) atoms. The fraction of sp³-hybridized carbons (Fsp3) is 0.562. The average molecular weight is 307 g/mol. The number of anilines is 2. The summed E-state index contributed by atoms with van der Waals surface area (Å²) in [6, 6.07) is 5.58. The van der Waals surface area contributed by atoms with Crippen LogP contribution in [0.25, 0.3) is 0 Å². The van der Waals surface area contributed by atoms with Crippen LogP contribution in [0.1, 0.15) is 30.6 Å². The van der Waals surface area contributed by atoms with Gasteiger partial charge in [0.1, 0.15) is 0 Å². The fourth-order valence-electron chi connectivity index (χ4n) is 2.47. The molecule has 1 aromatic carbocycles. The highest BCUT2D eigenvalue weighted by Crippen LogP contribution is 2.34. The number of nitrogens with zero attached hydrogens (tertiary/aromatic N) is 2. The molecular weight excluding hydrogens is 282 g/mol. The summed E-state index contributed by atoms with van der Waals surface area (Å²) in [5, 5.41) is 0. The molecule has 0 bridgehead atoms. The monoisotopic (exact) mass is 307 g/mol. The molecule has 0 spiro atoms. The number of benzene rings is 1. The smallest absolute Gasteiger partial charge is 0.253 e. The Balaban J connectivity index is 2.26. The van der Waals surface area contributed by atoms with Gasteiger partial charge in [0.2, 0.25) is 0 Å². The van der Waals surface area contributed by atoms with Gasteiger partial charge >= 0.3 is 0 Å². The number of hydrogen-bond donors (Lipinski definition) is 1. The molecule has 1 saturated heterocycles. The van der Waals surface area contributed by atoms with E-state index in [1.54, 1.807) is 25.1 Å². The molecule has 116 valence electrons. The van der Waals surface area contributed by atoms with Gasteiger partial charge in [-0.25, -0.2) is 0 Å². The van der Waals surface area contributed by atoms with E-state index < -0.39 is 0 Å². The summed E-state index contributed by atoms with van der Waals surface area (Å²) >= 11 is 2.00. The zero-order valence-corrected chi connectivity index (χ0v) is 14.2. The van der Waals surface area contributed by atoms with Gasteiger partial charge < -0.3 is 15.5 Å². The van der Waals surface area contributed by atoms with Crippen molar-refractivity contribution in [2.45, 2.75) is 25.0 Å². The summed E-state index contributed by atoms with van der Waals surface area (Å²) in [5.74, 6) is 1.10. The van der Waals surface area contributed by atoms with Crippen molar-refractivity contribution in [1.82, 2.24) is 4.90 Å². The Labute approximate surface area is 131 Å². The van der Waals surface area contributed by atoms with Crippen LogP contribution in [0, 0.1) is 0 Å². The van der Waals surface area contributed by atoms with E-state index in [9.17, 15) is 4.79 Å². The van der Waals surface area contributed by atoms with E-state index in [1.165, 1.54) is 0 Å². The molecule has 1 amide bonds. The van der Waals surface area contributed by atoms with Crippen molar-refractivity contribution in [3.05, 3.63) is 23.8 Å². The van der Waals surface area contributed by atoms with E-state index in [0.29, 0.717) is 10.3 Å². The van der Waals surface area contributed by atoms with Crippen LogP contribution in [0.15, 0.2) is 18.2 Å². The van der Waals surface area contributed by atoms with Gasteiger partial charge in [-0.1, -0.05) is 13.8 Å². The van der Waals surface area contributed by atoms with Gasteiger partial charge in [0, 0.05) is 43.2 Å². The second-order valence-electron chi connectivity index (χ2n) is 6.32. The van der Waals surface area contributed by atoms with Gasteiger partial charge in [-0.05, 0) is 24.6 Å². The third-order valence-electron chi connectivity index (χ3n) is 3.86. The van der Waals surface area contributed by atoms with Crippen LogP contribution in [0.5, 0.6) is 0 Å². The van der Waals surface area contributed by atoms with Crippen molar-refractivity contribution >= 4 is 29.0 Å². The molecule has 1 aliphatic rings. The molecule has 1 heterocycles. The van der Waals surface area contributed by atoms with E-state index in [0.717, 1.165) is 36.6 Å². The van der Waals surface area contributed by atoms with Gasteiger partial charge in [-0.15, -0.1) is 0 Å². The topological polar surface area (TPSA) is 49.6 Å². The second-order valence-corrected chi connectivity index (χ2v) is 8.12. The Morgan fingerprint density at radius 3 is 2.71 bits per heavy atom. The minimum absolute atomic E-state index is 0.0146. The molecule has 0 radical (unpaired) electrons. The first-order chi connectivity index (χ1) is 9.80. The van der Waals surface area contributed by atoms with Gasteiger partial charge in [0.25, 0.3) is 5.91 Å².